The van der Waals surface area contributed by atoms with Crippen molar-refractivity contribution in [2.75, 3.05) is 26.2 Å². The Morgan fingerprint density at radius 1 is 1.35 bits per heavy atom. The van der Waals surface area contributed by atoms with Crippen LogP contribution in [0.2, 0.25) is 0 Å². The van der Waals surface area contributed by atoms with E-state index in [1.54, 1.807) is 12.1 Å². The molecular formula is C14H19FN2O3. The molecule has 0 spiro atoms. The molecule has 2 N–H and O–H groups in total. The molecule has 1 aromatic carbocycles. The summed E-state index contributed by atoms with van der Waals surface area (Å²) in [6.07, 6.45) is 0.689. The standard InChI is InChI=1S/C14H19FN2O3/c15-11-1-3-13(4-2-11)20-10-9-17-7-5-12(6-8-17)16-14(18)19/h1-4,12,16H,5-10H2,(H,18,19). The average molecular weight is 282 g/mol. The first kappa shape index (κ1) is 14.6. The number of hydrogen-bond donors (Lipinski definition) is 2. The molecule has 1 amide bonds. The number of hydrogen-bond acceptors (Lipinski definition) is 3. The Balaban J connectivity index is 1.63. The number of amides is 1. The summed E-state index contributed by atoms with van der Waals surface area (Å²) >= 11 is 0. The third kappa shape index (κ3) is 4.70. The molecular weight excluding hydrogens is 263 g/mol. The molecule has 0 saturated carbocycles. The Hall–Kier alpha value is -1.82. The molecule has 0 unspecified atom stereocenters. The van der Waals surface area contributed by atoms with Crippen LogP contribution < -0.4 is 10.1 Å². The fraction of sp³-hybridized carbons (Fsp3) is 0.500. The van der Waals surface area contributed by atoms with Crippen molar-refractivity contribution in [3.05, 3.63) is 30.1 Å². The molecule has 20 heavy (non-hydrogen) atoms. The predicted octanol–water partition coefficient (Wildman–Crippen LogP) is 1.94. The molecule has 1 aromatic rings. The number of halogens is 1. The van der Waals surface area contributed by atoms with Crippen LogP contribution in [-0.4, -0.2) is 48.4 Å². The van der Waals surface area contributed by atoms with Crippen molar-refractivity contribution in [2.45, 2.75) is 18.9 Å². The molecule has 1 saturated heterocycles. The van der Waals surface area contributed by atoms with Gasteiger partial charge in [0, 0.05) is 25.7 Å². The summed E-state index contributed by atoms with van der Waals surface area (Å²) in [5.41, 5.74) is 0. The van der Waals surface area contributed by atoms with Crippen LogP contribution in [0.25, 0.3) is 0 Å². The molecule has 0 bridgehead atoms. The van der Waals surface area contributed by atoms with Crippen LogP contribution >= 0.6 is 0 Å². The summed E-state index contributed by atoms with van der Waals surface area (Å²) in [5, 5.41) is 11.2. The van der Waals surface area contributed by atoms with Crippen molar-refractivity contribution in [2.24, 2.45) is 0 Å². The lowest BCUT2D eigenvalue weighted by Gasteiger charge is -2.31. The summed E-state index contributed by atoms with van der Waals surface area (Å²) in [5.74, 6) is 0.388. The van der Waals surface area contributed by atoms with Gasteiger partial charge in [0.1, 0.15) is 18.2 Å². The van der Waals surface area contributed by atoms with Crippen LogP contribution in [0.15, 0.2) is 24.3 Å². The fourth-order valence-corrected chi connectivity index (χ4v) is 2.30. The largest absolute Gasteiger partial charge is 0.492 e. The topological polar surface area (TPSA) is 61.8 Å². The minimum atomic E-state index is -0.955. The third-order valence-electron chi connectivity index (χ3n) is 3.41. The number of ether oxygens (including phenoxy) is 1. The van der Waals surface area contributed by atoms with Gasteiger partial charge in [-0.1, -0.05) is 0 Å². The van der Waals surface area contributed by atoms with E-state index in [2.05, 4.69) is 10.2 Å². The Kier molecular flexibility index (Phi) is 5.17. The van der Waals surface area contributed by atoms with E-state index >= 15 is 0 Å². The molecule has 1 heterocycles. The third-order valence-corrected chi connectivity index (χ3v) is 3.41. The average Bonchev–Trinajstić information content (AvgIpc) is 2.42. The van der Waals surface area contributed by atoms with E-state index in [0.29, 0.717) is 12.4 Å². The second kappa shape index (κ2) is 7.09. The minimum Gasteiger partial charge on any atom is -0.492 e. The maximum absolute atomic E-state index is 12.7. The number of likely N-dealkylation sites (tertiary alicyclic amines) is 1. The smallest absolute Gasteiger partial charge is 0.404 e. The first-order chi connectivity index (χ1) is 9.63. The monoisotopic (exact) mass is 282 g/mol. The number of benzene rings is 1. The van der Waals surface area contributed by atoms with Crippen LogP contribution in [0.5, 0.6) is 5.75 Å². The lowest BCUT2D eigenvalue weighted by molar-refractivity contribution is 0.153. The zero-order valence-corrected chi connectivity index (χ0v) is 11.2. The predicted molar refractivity (Wildman–Crippen MR) is 72.5 cm³/mol. The highest BCUT2D eigenvalue weighted by Crippen LogP contribution is 2.12. The number of rotatable bonds is 5. The van der Waals surface area contributed by atoms with Crippen LogP contribution in [0.1, 0.15) is 12.8 Å². The number of carboxylic acid groups (broad SMARTS) is 1. The first-order valence-corrected chi connectivity index (χ1v) is 6.73. The van der Waals surface area contributed by atoms with Gasteiger partial charge in [0.25, 0.3) is 0 Å². The van der Waals surface area contributed by atoms with Gasteiger partial charge in [-0.05, 0) is 37.1 Å². The summed E-state index contributed by atoms with van der Waals surface area (Å²) in [6.45, 7) is 3.05. The van der Waals surface area contributed by atoms with Gasteiger partial charge in [-0.3, -0.25) is 4.90 Å². The van der Waals surface area contributed by atoms with Crippen molar-refractivity contribution in [3.63, 3.8) is 0 Å². The second-order valence-electron chi connectivity index (χ2n) is 4.87. The maximum Gasteiger partial charge on any atom is 0.404 e. The highest BCUT2D eigenvalue weighted by molar-refractivity contribution is 5.64. The van der Waals surface area contributed by atoms with Crippen LogP contribution in [0, 0.1) is 5.82 Å². The van der Waals surface area contributed by atoms with Gasteiger partial charge >= 0.3 is 6.09 Å². The molecule has 1 aliphatic rings. The van der Waals surface area contributed by atoms with Gasteiger partial charge in [-0.25, -0.2) is 9.18 Å². The van der Waals surface area contributed by atoms with E-state index in [1.165, 1.54) is 12.1 Å². The SMILES string of the molecule is O=C(O)NC1CCN(CCOc2ccc(F)cc2)CC1. The molecule has 6 heteroatoms. The number of carbonyl (C=O) groups is 1. The van der Waals surface area contributed by atoms with Crippen molar-refractivity contribution >= 4 is 6.09 Å². The van der Waals surface area contributed by atoms with E-state index in [-0.39, 0.29) is 11.9 Å². The van der Waals surface area contributed by atoms with E-state index in [9.17, 15) is 9.18 Å². The normalized spacial score (nSPS) is 16.9. The summed E-state index contributed by atoms with van der Waals surface area (Å²) < 4.78 is 18.3. The van der Waals surface area contributed by atoms with Crippen molar-refractivity contribution in [1.82, 2.24) is 10.2 Å². The zero-order valence-electron chi connectivity index (χ0n) is 11.2. The lowest BCUT2D eigenvalue weighted by atomic mass is 10.1. The molecule has 2 rings (SSSR count). The van der Waals surface area contributed by atoms with E-state index in [1.807, 2.05) is 0 Å². The summed E-state index contributed by atoms with van der Waals surface area (Å²) in [6, 6.07) is 6.02. The molecule has 0 radical (unpaired) electrons. The Morgan fingerprint density at radius 3 is 2.60 bits per heavy atom. The number of piperidine rings is 1. The molecule has 5 nitrogen and oxygen atoms in total. The van der Waals surface area contributed by atoms with E-state index in [0.717, 1.165) is 32.5 Å². The Bertz CT molecular complexity index is 431. The Morgan fingerprint density at radius 2 is 2.00 bits per heavy atom. The van der Waals surface area contributed by atoms with E-state index < -0.39 is 6.09 Å². The molecule has 0 aliphatic carbocycles. The van der Waals surface area contributed by atoms with Crippen LogP contribution in [0.3, 0.4) is 0 Å². The molecule has 0 atom stereocenters. The van der Waals surface area contributed by atoms with Gasteiger partial charge in [-0.2, -0.15) is 0 Å². The molecule has 1 fully saturated rings. The van der Waals surface area contributed by atoms with Gasteiger partial charge in [-0.15, -0.1) is 0 Å². The van der Waals surface area contributed by atoms with Gasteiger partial charge in [0.15, 0.2) is 0 Å². The lowest BCUT2D eigenvalue weighted by Crippen LogP contribution is -2.45. The highest BCUT2D eigenvalue weighted by atomic mass is 19.1. The Labute approximate surface area is 117 Å². The quantitative estimate of drug-likeness (QED) is 0.866. The number of nitrogens with zero attached hydrogens (tertiary/aromatic N) is 1. The fourth-order valence-electron chi connectivity index (χ4n) is 2.30. The molecule has 110 valence electrons. The van der Waals surface area contributed by atoms with Gasteiger partial charge < -0.3 is 15.2 Å². The van der Waals surface area contributed by atoms with Crippen molar-refractivity contribution in [1.29, 1.82) is 0 Å². The maximum atomic E-state index is 12.7. The van der Waals surface area contributed by atoms with Gasteiger partial charge in [0.05, 0.1) is 0 Å². The van der Waals surface area contributed by atoms with Crippen LogP contribution in [-0.2, 0) is 0 Å². The number of nitrogens with one attached hydrogen (secondary N) is 1. The van der Waals surface area contributed by atoms with Crippen molar-refractivity contribution in [3.8, 4) is 5.75 Å². The summed E-state index contributed by atoms with van der Waals surface area (Å²) in [7, 11) is 0. The zero-order chi connectivity index (χ0) is 14.4. The van der Waals surface area contributed by atoms with E-state index in [4.69, 9.17) is 9.84 Å². The van der Waals surface area contributed by atoms with Crippen molar-refractivity contribution < 1.29 is 19.0 Å². The van der Waals surface area contributed by atoms with Gasteiger partial charge in [0.2, 0.25) is 0 Å². The van der Waals surface area contributed by atoms with Crippen LogP contribution in [0.4, 0.5) is 9.18 Å². The summed E-state index contributed by atoms with van der Waals surface area (Å²) in [4.78, 5) is 12.8. The molecule has 0 aromatic heterocycles. The molecule has 1 aliphatic heterocycles. The first-order valence-electron chi connectivity index (χ1n) is 6.73. The highest BCUT2D eigenvalue weighted by Gasteiger charge is 2.19. The minimum absolute atomic E-state index is 0.0572. The second-order valence-corrected chi connectivity index (χ2v) is 4.87.